The molecule has 15 heavy (non-hydrogen) atoms. The highest BCUT2D eigenvalue weighted by Crippen LogP contribution is 2.23. The van der Waals surface area contributed by atoms with Crippen molar-refractivity contribution < 1.29 is 0 Å². The maximum atomic E-state index is 6.17. The minimum atomic E-state index is 0.0452. The number of nitrogens with two attached hydrogens (primary N) is 1. The molecule has 1 aliphatic heterocycles. The van der Waals surface area contributed by atoms with Gasteiger partial charge >= 0.3 is 0 Å². The van der Waals surface area contributed by atoms with Crippen molar-refractivity contribution in [2.75, 3.05) is 13.1 Å². The van der Waals surface area contributed by atoms with Gasteiger partial charge < -0.3 is 5.73 Å². The lowest BCUT2D eigenvalue weighted by molar-refractivity contribution is 0.0544. The molecule has 4 heteroatoms. The molecular weight excluding hydrogens is 188 g/mol. The van der Waals surface area contributed by atoms with E-state index in [1.54, 1.807) is 12.4 Å². The summed E-state index contributed by atoms with van der Waals surface area (Å²) in [5, 5.41) is 0. The van der Waals surface area contributed by atoms with Crippen LogP contribution in [0.15, 0.2) is 18.5 Å². The molecule has 0 spiro atoms. The maximum absolute atomic E-state index is 6.17. The Morgan fingerprint density at radius 3 is 2.67 bits per heavy atom. The first-order chi connectivity index (χ1) is 7.22. The predicted molar refractivity (Wildman–Crippen MR) is 59.1 cm³/mol. The summed E-state index contributed by atoms with van der Waals surface area (Å²) in [6, 6.07) is 1.84. The highest BCUT2D eigenvalue weighted by molar-refractivity contribution is 5.01. The molecule has 0 radical (unpaired) electrons. The zero-order valence-corrected chi connectivity index (χ0v) is 9.19. The van der Waals surface area contributed by atoms with Gasteiger partial charge in [0.05, 0.1) is 6.54 Å². The number of hydrogen-bond acceptors (Lipinski definition) is 4. The van der Waals surface area contributed by atoms with E-state index in [0.29, 0.717) is 0 Å². The van der Waals surface area contributed by atoms with E-state index in [-0.39, 0.29) is 5.54 Å². The maximum Gasteiger partial charge on any atom is 0.142 e. The fourth-order valence-corrected chi connectivity index (χ4v) is 2.22. The molecule has 0 saturated carbocycles. The third-order valence-electron chi connectivity index (χ3n) is 2.81. The topological polar surface area (TPSA) is 55.0 Å². The van der Waals surface area contributed by atoms with E-state index in [1.807, 2.05) is 6.07 Å². The van der Waals surface area contributed by atoms with Gasteiger partial charge in [0.2, 0.25) is 0 Å². The molecule has 1 aromatic heterocycles. The standard InChI is InChI=1S/C11H18N4/c1-2-4-11(12)8-15(9-11)7-10-13-5-3-6-14-10/h3,5-6H,2,4,7-9,12H2,1H3. The molecule has 0 aliphatic carbocycles. The SMILES string of the molecule is CCCC1(N)CN(Cc2ncccn2)C1. The second-order valence-electron chi connectivity index (χ2n) is 4.42. The summed E-state index contributed by atoms with van der Waals surface area (Å²) in [4.78, 5) is 10.7. The fraction of sp³-hybridized carbons (Fsp3) is 0.636. The van der Waals surface area contributed by atoms with Gasteiger partial charge in [-0.15, -0.1) is 0 Å². The molecule has 0 unspecified atom stereocenters. The Kier molecular flexibility index (Phi) is 2.98. The monoisotopic (exact) mass is 206 g/mol. The molecule has 1 saturated heterocycles. The third kappa shape index (κ3) is 2.52. The highest BCUT2D eigenvalue weighted by Gasteiger charge is 2.38. The summed E-state index contributed by atoms with van der Waals surface area (Å²) in [5.74, 6) is 0.885. The molecule has 1 aliphatic rings. The number of rotatable bonds is 4. The fourth-order valence-electron chi connectivity index (χ4n) is 2.22. The van der Waals surface area contributed by atoms with Crippen molar-refractivity contribution in [2.45, 2.75) is 31.8 Å². The Bertz CT molecular complexity index is 306. The van der Waals surface area contributed by atoms with E-state index >= 15 is 0 Å². The molecule has 2 heterocycles. The van der Waals surface area contributed by atoms with Crippen LogP contribution in [0, 0.1) is 0 Å². The van der Waals surface area contributed by atoms with Gasteiger partial charge in [0.1, 0.15) is 5.82 Å². The van der Waals surface area contributed by atoms with Crippen molar-refractivity contribution in [2.24, 2.45) is 5.73 Å². The normalized spacial score (nSPS) is 19.9. The summed E-state index contributed by atoms with van der Waals surface area (Å²) in [7, 11) is 0. The second kappa shape index (κ2) is 4.24. The summed E-state index contributed by atoms with van der Waals surface area (Å²) >= 11 is 0. The van der Waals surface area contributed by atoms with Crippen molar-refractivity contribution in [1.82, 2.24) is 14.9 Å². The molecule has 1 aromatic rings. The lowest BCUT2D eigenvalue weighted by atomic mass is 9.86. The molecule has 0 atom stereocenters. The molecule has 82 valence electrons. The molecular formula is C11H18N4. The van der Waals surface area contributed by atoms with Gasteiger partial charge in [-0.05, 0) is 12.5 Å². The third-order valence-corrected chi connectivity index (χ3v) is 2.81. The van der Waals surface area contributed by atoms with Crippen LogP contribution in [0.2, 0.25) is 0 Å². The van der Waals surface area contributed by atoms with E-state index in [4.69, 9.17) is 5.73 Å². The van der Waals surface area contributed by atoms with E-state index in [9.17, 15) is 0 Å². The molecule has 1 fully saturated rings. The van der Waals surface area contributed by atoms with Crippen LogP contribution < -0.4 is 5.73 Å². The first kappa shape index (κ1) is 10.5. The summed E-state index contributed by atoms with van der Waals surface area (Å²) < 4.78 is 0. The number of likely N-dealkylation sites (tertiary alicyclic amines) is 1. The van der Waals surface area contributed by atoms with Gasteiger partial charge in [-0.2, -0.15) is 0 Å². The Hall–Kier alpha value is -1.00. The van der Waals surface area contributed by atoms with Gasteiger partial charge in [0.25, 0.3) is 0 Å². The number of nitrogens with zero attached hydrogens (tertiary/aromatic N) is 3. The van der Waals surface area contributed by atoms with Crippen LogP contribution in [-0.2, 0) is 6.54 Å². The lowest BCUT2D eigenvalue weighted by Gasteiger charge is -2.47. The van der Waals surface area contributed by atoms with Crippen LogP contribution >= 0.6 is 0 Å². The second-order valence-corrected chi connectivity index (χ2v) is 4.42. The molecule has 2 N–H and O–H groups in total. The van der Waals surface area contributed by atoms with Gasteiger partial charge in [-0.3, -0.25) is 4.90 Å². The molecule has 0 amide bonds. The minimum absolute atomic E-state index is 0.0452. The van der Waals surface area contributed by atoms with Crippen molar-refractivity contribution in [3.8, 4) is 0 Å². The van der Waals surface area contributed by atoms with E-state index < -0.39 is 0 Å². The average Bonchev–Trinajstić information content (AvgIpc) is 2.17. The smallest absolute Gasteiger partial charge is 0.142 e. The predicted octanol–water partition coefficient (Wildman–Crippen LogP) is 0.790. The first-order valence-corrected chi connectivity index (χ1v) is 5.49. The van der Waals surface area contributed by atoms with Crippen LogP contribution in [0.3, 0.4) is 0 Å². The van der Waals surface area contributed by atoms with Gasteiger partial charge in [0, 0.05) is 31.0 Å². The van der Waals surface area contributed by atoms with Crippen molar-refractivity contribution in [3.63, 3.8) is 0 Å². The largest absolute Gasteiger partial charge is 0.323 e. The Balaban J connectivity index is 1.81. The number of hydrogen-bond donors (Lipinski definition) is 1. The Labute approximate surface area is 90.5 Å². The van der Waals surface area contributed by atoms with Gasteiger partial charge in [-0.1, -0.05) is 13.3 Å². The molecule has 0 bridgehead atoms. The van der Waals surface area contributed by atoms with E-state index in [0.717, 1.165) is 38.3 Å². The molecule has 4 nitrogen and oxygen atoms in total. The molecule has 0 aromatic carbocycles. The van der Waals surface area contributed by atoms with Crippen LogP contribution in [0.5, 0.6) is 0 Å². The quantitative estimate of drug-likeness (QED) is 0.791. The van der Waals surface area contributed by atoms with Crippen molar-refractivity contribution >= 4 is 0 Å². The summed E-state index contributed by atoms with van der Waals surface area (Å²) in [6.07, 6.45) is 5.83. The van der Waals surface area contributed by atoms with E-state index in [1.165, 1.54) is 0 Å². The Morgan fingerprint density at radius 2 is 2.07 bits per heavy atom. The number of aromatic nitrogens is 2. The average molecular weight is 206 g/mol. The van der Waals surface area contributed by atoms with Crippen LogP contribution in [0.25, 0.3) is 0 Å². The van der Waals surface area contributed by atoms with E-state index in [2.05, 4.69) is 21.8 Å². The zero-order chi connectivity index (χ0) is 10.7. The van der Waals surface area contributed by atoms with Crippen LogP contribution in [-0.4, -0.2) is 33.5 Å². The Morgan fingerprint density at radius 1 is 1.40 bits per heavy atom. The summed E-state index contributed by atoms with van der Waals surface area (Å²) in [6.45, 7) is 4.94. The minimum Gasteiger partial charge on any atom is -0.323 e. The molecule has 2 rings (SSSR count). The van der Waals surface area contributed by atoms with Gasteiger partial charge in [-0.25, -0.2) is 9.97 Å². The van der Waals surface area contributed by atoms with Crippen molar-refractivity contribution in [1.29, 1.82) is 0 Å². The first-order valence-electron chi connectivity index (χ1n) is 5.49. The summed E-state index contributed by atoms with van der Waals surface area (Å²) in [5.41, 5.74) is 6.22. The lowest BCUT2D eigenvalue weighted by Crippen LogP contribution is -2.66. The van der Waals surface area contributed by atoms with Crippen LogP contribution in [0.4, 0.5) is 0 Å². The van der Waals surface area contributed by atoms with Crippen LogP contribution in [0.1, 0.15) is 25.6 Å². The van der Waals surface area contributed by atoms with Gasteiger partial charge in [0.15, 0.2) is 0 Å². The highest BCUT2D eigenvalue weighted by atomic mass is 15.3. The zero-order valence-electron chi connectivity index (χ0n) is 9.19. The van der Waals surface area contributed by atoms with Crippen molar-refractivity contribution in [3.05, 3.63) is 24.3 Å².